The average Bonchev–Trinajstić information content (AvgIpc) is 2.51. The first-order chi connectivity index (χ1) is 11.1. The van der Waals surface area contributed by atoms with Crippen molar-refractivity contribution in [1.29, 1.82) is 0 Å². The lowest BCUT2D eigenvalue weighted by Crippen LogP contribution is -2.52. The standard InChI is InChI=1S/C20H22O3/c21-18(17-4-2-1-3-5-17)6-7-19(22)23-20-11-14-8-15(12-20)10-16(9-14)13-20/h1-7,14-16H,8-13H2/b7-6+. The van der Waals surface area contributed by atoms with E-state index in [1.807, 2.05) is 18.2 Å². The lowest BCUT2D eigenvalue weighted by atomic mass is 9.54. The van der Waals surface area contributed by atoms with E-state index in [0.717, 1.165) is 37.0 Å². The smallest absolute Gasteiger partial charge is 0.331 e. The van der Waals surface area contributed by atoms with E-state index in [-0.39, 0.29) is 17.4 Å². The number of benzene rings is 1. The number of allylic oxidation sites excluding steroid dienone is 1. The summed E-state index contributed by atoms with van der Waals surface area (Å²) >= 11 is 0. The summed E-state index contributed by atoms with van der Waals surface area (Å²) in [6, 6.07) is 8.99. The maximum Gasteiger partial charge on any atom is 0.331 e. The van der Waals surface area contributed by atoms with E-state index in [0.29, 0.717) is 5.56 Å². The monoisotopic (exact) mass is 310 g/mol. The Bertz CT molecular complexity index is 609. The van der Waals surface area contributed by atoms with Gasteiger partial charge in [-0.3, -0.25) is 4.79 Å². The van der Waals surface area contributed by atoms with Crippen molar-refractivity contribution in [3.8, 4) is 0 Å². The Hall–Kier alpha value is -1.90. The predicted molar refractivity (Wildman–Crippen MR) is 86.9 cm³/mol. The van der Waals surface area contributed by atoms with Crippen molar-refractivity contribution in [2.45, 2.75) is 44.1 Å². The molecule has 4 saturated carbocycles. The quantitative estimate of drug-likeness (QED) is 0.481. The van der Waals surface area contributed by atoms with Crippen molar-refractivity contribution >= 4 is 11.8 Å². The first kappa shape index (κ1) is 14.7. The zero-order valence-electron chi connectivity index (χ0n) is 13.2. The van der Waals surface area contributed by atoms with Gasteiger partial charge in [-0.25, -0.2) is 4.79 Å². The highest BCUT2D eigenvalue weighted by Crippen LogP contribution is 2.57. The fraction of sp³-hybridized carbons (Fsp3) is 0.500. The Morgan fingerprint density at radius 2 is 1.48 bits per heavy atom. The van der Waals surface area contributed by atoms with Crippen LogP contribution >= 0.6 is 0 Å². The molecular formula is C20H22O3. The van der Waals surface area contributed by atoms with Crippen LogP contribution in [0.1, 0.15) is 48.9 Å². The number of ketones is 1. The molecule has 1 aromatic carbocycles. The summed E-state index contributed by atoms with van der Waals surface area (Å²) in [5.41, 5.74) is 0.345. The molecule has 0 atom stereocenters. The third-order valence-electron chi connectivity index (χ3n) is 5.73. The lowest BCUT2D eigenvalue weighted by molar-refractivity contribution is -0.181. The number of ether oxygens (including phenoxy) is 1. The number of carbonyl (C=O) groups is 2. The zero-order valence-corrected chi connectivity index (χ0v) is 13.2. The highest BCUT2D eigenvalue weighted by molar-refractivity contribution is 6.06. The second-order valence-corrected chi connectivity index (χ2v) is 7.59. The first-order valence-corrected chi connectivity index (χ1v) is 8.62. The molecule has 4 bridgehead atoms. The highest BCUT2D eigenvalue weighted by atomic mass is 16.6. The van der Waals surface area contributed by atoms with E-state index in [2.05, 4.69) is 0 Å². The number of hydrogen-bond acceptors (Lipinski definition) is 3. The molecule has 0 unspecified atom stereocenters. The Morgan fingerprint density at radius 3 is 2.04 bits per heavy atom. The molecule has 0 amide bonds. The molecule has 4 aliphatic rings. The van der Waals surface area contributed by atoms with Crippen LogP contribution < -0.4 is 0 Å². The summed E-state index contributed by atoms with van der Waals surface area (Å²) in [4.78, 5) is 24.2. The van der Waals surface area contributed by atoms with Crippen molar-refractivity contribution in [3.05, 3.63) is 48.0 Å². The molecule has 4 aliphatic carbocycles. The number of hydrogen-bond donors (Lipinski definition) is 0. The second-order valence-electron chi connectivity index (χ2n) is 7.59. The molecule has 4 fully saturated rings. The summed E-state index contributed by atoms with van der Waals surface area (Å²) in [6.07, 6.45) is 9.64. The Kier molecular flexibility index (Phi) is 3.59. The van der Waals surface area contributed by atoms with Crippen LogP contribution in [0.3, 0.4) is 0 Å². The van der Waals surface area contributed by atoms with Gasteiger partial charge in [-0.1, -0.05) is 30.3 Å². The number of rotatable bonds is 4. The van der Waals surface area contributed by atoms with E-state index in [4.69, 9.17) is 4.74 Å². The fourth-order valence-electron chi connectivity index (χ4n) is 5.25. The fourth-order valence-corrected chi connectivity index (χ4v) is 5.25. The second kappa shape index (κ2) is 5.63. The minimum atomic E-state index is -0.365. The summed E-state index contributed by atoms with van der Waals surface area (Å²) < 4.78 is 5.86. The normalized spacial score (nSPS) is 34.7. The molecule has 3 heteroatoms. The van der Waals surface area contributed by atoms with Gasteiger partial charge in [0, 0.05) is 11.6 Å². The molecule has 0 saturated heterocycles. The first-order valence-electron chi connectivity index (χ1n) is 8.62. The summed E-state index contributed by atoms with van der Waals surface area (Å²) in [5, 5.41) is 0. The van der Waals surface area contributed by atoms with Crippen LogP contribution in [0.4, 0.5) is 0 Å². The van der Waals surface area contributed by atoms with E-state index < -0.39 is 0 Å². The molecule has 0 radical (unpaired) electrons. The minimum absolute atomic E-state index is 0.159. The van der Waals surface area contributed by atoms with Crippen LogP contribution in [0.15, 0.2) is 42.5 Å². The van der Waals surface area contributed by atoms with Crippen LogP contribution in [0.2, 0.25) is 0 Å². The van der Waals surface area contributed by atoms with Crippen LogP contribution in [-0.2, 0) is 9.53 Å². The zero-order chi connectivity index (χ0) is 15.9. The summed E-state index contributed by atoms with van der Waals surface area (Å²) in [7, 11) is 0. The van der Waals surface area contributed by atoms with Gasteiger partial charge in [0.15, 0.2) is 5.78 Å². The SMILES string of the molecule is O=C(/C=C/C(=O)c1ccccc1)OC12CC3CC(CC(C3)C1)C2. The predicted octanol–water partition coefficient (Wildman–Crippen LogP) is 3.94. The van der Waals surface area contributed by atoms with Crippen LogP contribution in [0, 0.1) is 17.8 Å². The Balaban J connectivity index is 1.40. The van der Waals surface area contributed by atoms with Gasteiger partial charge in [0.1, 0.15) is 5.60 Å². The van der Waals surface area contributed by atoms with Crippen molar-refractivity contribution in [3.63, 3.8) is 0 Å². The lowest BCUT2D eigenvalue weighted by Gasteiger charge is -2.55. The van der Waals surface area contributed by atoms with Gasteiger partial charge in [-0.15, -0.1) is 0 Å². The molecular weight excluding hydrogens is 288 g/mol. The molecule has 0 aromatic heterocycles. The molecule has 0 spiro atoms. The molecule has 0 aliphatic heterocycles. The van der Waals surface area contributed by atoms with Gasteiger partial charge in [-0.2, -0.15) is 0 Å². The molecule has 5 rings (SSSR count). The largest absolute Gasteiger partial charge is 0.456 e. The molecule has 3 nitrogen and oxygen atoms in total. The Labute approximate surface area is 136 Å². The molecule has 23 heavy (non-hydrogen) atoms. The molecule has 1 aromatic rings. The van der Waals surface area contributed by atoms with E-state index in [9.17, 15) is 9.59 Å². The van der Waals surface area contributed by atoms with Gasteiger partial charge in [0.25, 0.3) is 0 Å². The topological polar surface area (TPSA) is 43.4 Å². The van der Waals surface area contributed by atoms with Gasteiger partial charge < -0.3 is 4.74 Å². The average molecular weight is 310 g/mol. The van der Waals surface area contributed by atoms with Crippen molar-refractivity contribution in [1.82, 2.24) is 0 Å². The summed E-state index contributed by atoms with van der Waals surface area (Å²) in [5.74, 6) is 1.70. The van der Waals surface area contributed by atoms with Crippen LogP contribution in [0.25, 0.3) is 0 Å². The molecule has 120 valence electrons. The van der Waals surface area contributed by atoms with E-state index in [1.54, 1.807) is 12.1 Å². The number of carbonyl (C=O) groups excluding carboxylic acids is 2. The highest BCUT2D eigenvalue weighted by Gasteiger charge is 2.53. The number of esters is 1. The van der Waals surface area contributed by atoms with Crippen molar-refractivity contribution in [2.75, 3.05) is 0 Å². The van der Waals surface area contributed by atoms with Crippen molar-refractivity contribution < 1.29 is 14.3 Å². The van der Waals surface area contributed by atoms with Crippen LogP contribution in [-0.4, -0.2) is 17.4 Å². The van der Waals surface area contributed by atoms with E-state index >= 15 is 0 Å². The summed E-state index contributed by atoms with van der Waals surface area (Å²) in [6.45, 7) is 0. The van der Waals surface area contributed by atoms with Gasteiger partial charge in [-0.05, 0) is 62.4 Å². The van der Waals surface area contributed by atoms with Crippen LogP contribution in [0.5, 0.6) is 0 Å². The minimum Gasteiger partial charge on any atom is -0.456 e. The Morgan fingerprint density at radius 1 is 0.913 bits per heavy atom. The van der Waals surface area contributed by atoms with Crippen molar-refractivity contribution in [2.24, 2.45) is 17.8 Å². The molecule has 0 heterocycles. The maximum absolute atomic E-state index is 12.2. The van der Waals surface area contributed by atoms with Gasteiger partial charge in [0.2, 0.25) is 0 Å². The van der Waals surface area contributed by atoms with E-state index in [1.165, 1.54) is 31.4 Å². The third kappa shape index (κ3) is 2.97. The molecule has 0 N–H and O–H groups in total. The van der Waals surface area contributed by atoms with Gasteiger partial charge in [0.05, 0.1) is 0 Å². The maximum atomic E-state index is 12.2. The van der Waals surface area contributed by atoms with Gasteiger partial charge >= 0.3 is 5.97 Å². The third-order valence-corrected chi connectivity index (χ3v) is 5.73.